The van der Waals surface area contributed by atoms with Crippen LogP contribution in [0.2, 0.25) is 10.0 Å². The van der Waals surface area contributed by atoms with Gasteiger partial charge in [-0.15, -0.1) is 0 Å². The fourth-order valence-electron chi connectivity index (χ4n) is 7.16. The van der Waals surface area contributed by atoms with Crippen LogP contribution in [-0.2, 0) is 16.1 Å². The SMILES string of the molecule is COC(=O)c1cc2c3n(nc2cc1F)C[C@@H]1[C@H](CO3)N(CC2CC2)[C@@](C)(C(=O)Nc2cccc(Cl)c2)[C@H]1c1cccc(Cl)c1F. The number of halogens is 4. The molecule has 0 unspecified atom stereocenters. The number of carbonyl (C=O) groups is 2. The van der Waals surface area contributed by atoms with E-state index in [0.717, 1.165) is 12.8 Å². The quantitative estimate of drug-likeness (QED) is 0.233. The summed E-state index contributed by atoms with van der Waals surface area (Å²) < 4.78 is 43.7. The smallest absolute Gasteiger partial charge is 0.340 e. The second-order valence-corrected chi connectivity index (χ2v) is 13.0. The number of aromatic nitrogens is 2. The number of esters is 1. The summed E-state index contributed by atoms with van der Waals surface area (Å²) >= 11 is 12.6. The first-order chi connectivity index (χ1) is 21.6. The first kappa shape index (κ1) is 30.0. The molecule has 1 saturated carbocycles. The van der Waals surface area contributed by atoms with E-state index in [-0.39, 0.29) is 41.6 Å². The van der Waals surface area contributed by atoms with Crippen molar-refractivity contribution in [2.75, 3.05) is 25.6 Å². The molecule has 8 nitrogen and oxygen atoms in total. The summed E-state index contributed by atoms with van der Waals surface area (Å²) in [5, 5.41) is 8.58. The average molecular weight is 656 g/mol. The zero-order valence-corrected chi connectivity index (χ0v) is 26.0. The number of likely N-dealkylation sites (tertiary alicyclic amines) is 1. The van der Waals surface area contributed by atoms with E-state index in [1.807, 2.05) is 6.92 Å². The van der Waals surface area contributed by atoms with Crippen molar-refractivity contribution in [2.24, 2.45) is 11.8 Å². The Bertz CT molecular complexity index is 1850. The molecular formula is C33H30Cl2F2N4O4. The van der Waals surface area contributed by atoms with E-state index in [9.17, 15) is 14.0 Å². The van der Waals surface area contributed by atoms with E-state index >= 15 is 4.39 Å². The molecule has 12 heteroatoms. The Balaban J connectivity index is 1.37. The van der Waals surface area contributed by atoms with E-state index in [1.54, 1.807) is 41.1 Å². The number of nitrogens with one attached hydrogen (secondary N) is 1. The van der Waals surface area contributed by atoms with Crippen LogP contribution in [0.5, 0.6) is 5.88 Å². The van der Waals surface area contributed by atoms with Crippen molar-refractivity contribution in [3.63, 3.8) is 0 Å². The molecule has 2 aliphatic heterocycles. The molecule has 3 aromatic carbocycles. The van der Waals surface area contributed by atoms with Crippen LogP contribution in [0.1, 0.15) is 41.6 Å². The third kappa shape index (κ3) is 5.03. The Labute approximate surface area is 268 Å². The van der Waals surface area contributed by atoms with Gasteiger partial charge >= 0.3 is 5.97 Å². The molecule has 1 amide bonds. The highest BCUT2D eigenvalue weighted by Gasteiger charge is 2.62. The van der Waals surface area contributed by atoms with Crippen LogP contribution in [0.25, 0.3) is 10.9 Å². The Hall–Kier alpha value is -3.73. The molecule has 1 aliphatic carbocycles. The van der Waals surface area contributed by atoms with E-state index in [0.29, 0.717) is 45.5 Å². The zero-order valence-electron chi connectivity index (χ0n) is 24.5. The van der Waals surface area contributed by atoms with E-state index in [1.165, 1.54) is 25.3 Å². The fraction of sp³-hybridized carbons (Fsp3) is 0.364. The van der Waals surface area contributed by atoms with Gasteiger partial charge in [-0.2, -0.15) is 5.10 Å². The molecule has 1 aromatic heterocycles. The summed E-state index contributed by atoms with van der Waals surface area (Å²) in [4.78, 5) is 28.9. The first-order valence-electron chi connectivity index (χ1n) is 14.8. The molecule has 3 aliphatic rings. The molecule has 2 fully saturated rings. The van der Waals surface area contributed by atoms with Crippen molar-refractivity contribution in [3.8, 4) is 5.88 Å². The molecule has 0 spiro atoms. The second-order valence-electron chi connectivity index (χ2n) is 12.2. The van der Waals surface area contributed by atoms with Gasteiger partial charge in [-0.05, 0) is 61.6 Å². The lowest BCUT2D eigenvalue weighted by molar-refractivity contribution is -0.127. The maximum Gasteiger partial charge on any atom is 0.340 e. The van der Waals surface area contributed by atoms with E-state index in [2.05, 4.69) is 15.3 Å². The summed E-state index contributed by atoms with van der Waals surface area (Å²) in [6, 6.07) is 14.0. The van der Waals surface area contributed by atoms with Crippen molar-refractivity contribution >= 4 is 51.7 Å². The molecule has 0 bridgehead atoms. The molecule has 45 heavy (non-hydrogen) atoms. The van der Waals surface area contributed by atoms with Gasteiger partial charge in [-0.3, -0.25) is 9.69 Å². The minimum atomic E-state index is -1.23. The number of carbonyl (C=O) groups excluding carboxylic acids is 2. The number of benzene rings is 3. The molecular weight excluding hydrogens is 625 g/mol. The van der Waals surface area contributed by atoms with Crippen LogP contribution in [0.4, 0.5) is 14.5 Å². The Morgan fingerprint density at radius 1 is 1.13 bits per heavy atom. The molecule has 4 aromatic rings. The number of hydrogen-bond acceptors (Lipinski definition) is 6. The highest BCUT2D eigenvalue weighted by atomic mass is 35.5. The largest absolute Gasteiger partial charge is 0.476 e. The van der Waals surface area contributed by atoms with Gasteiger partial charge in [0, 0.05) is 41.7 Å². The van der Waals surface area contributed by atoms with Gasteiger partial charge in [0.05, 0.1) is 34.6 Å². The maximum absolute atomic E-state index is 16.0. The van der Waals surface area contributed by atoms with Crippen LogP contribution in [0.3, 0.4) is 0 Å². The Morgan fingerprint density at radius 3 is 2.64 bits per heavy atom. The lowest BCUT2D eigenvalue weighted by Gasteiger charge is -2.40. The van der Waals surface area contributed by atoms with Gasteiger partial charge in [0.1, 0.15) is 23.8 Å². The van der Waals surface area contributed by atoms with E-state index in [4.69, 9.17) is 32.7 Å². The van der Waals surface area contributed by atoms with Crippen molar-refractivity contribution < 1.29 is 27.8 Å². The van der Waals surface area contributed by atoms with Crippen molar-refractivity contribution in [1.82, 2.24) is 14.7 Å². The molecule has 7 rings (SSSR count). The third-order valence-electron chi connectivity index (χ3n) is 9.49. The van der Waals surface area contributed by atoms with Crippen LogP contribution < -0.4 is 10.1 Å². The van der Waals surface area contributed by atoms with Crippen LogP contribution in [0.15, 0.2) is 54.6 Å². The van der Waals surface area contributed by atoms with Crippen molar-refractivity contribution in [1.29, 1.82) is 0 Å². The highest BCUT2D eigenvalue weighted by molar-refractivity contribution is 6.31. The molecule has 1 N–H and O–H groups in total. The first-order valence-corrected chi connectivity index (χ1v) is 15.5. The summed E-state index contributed by atoms with van der Waals surface area (Å²) in [6.45, 7) is 2.86. The van der Waals surface area contributed by atoms with Crippen molar-refractivity contribution in [3.05, 3.63) is 87.4 Å². The summed E-state index contributed by atoms with van der Waals surface area (Å²) in [7, 11) is 1.19. The van der Waals surface area contributed by atoms with Crippen LogP contribution in [-0.4, -0.2) is 58.4 Å². The van der Waals surface area contributed by atoms with Crippen LogP contribution >= 0.6 is 23.2 Å². The molecule has 4 atom stereocenters. The average Bonchev–Trinajstić information content (AvgIpc) is 3.76. The number of anilines is 1. The lowest BCUT2D eigenvalue weighted by atomic mass is 9.74. The number of nitrogens with zero attached hydrogens (tertiary/aromatic N) is 3. The number of fused-ring (bicyclic) bond motifs is 4. The molecule has 1 saturated heterocycles. The fourth-order valence-corrected chi connectivity index (χ4v) is 7.54. The van der Waals surface area contributed by atoms with Crippen LogP contribution in [0, 0.1) is 23.5 Å². The Kier molecular flexibility index (Phi) is 7.49. The Morgan fingerprint density at radius 2 is 1.91 bits per heavy atom. The maximum atomic E-state index is 16.0. The zero-order chi connectivity index (χ0) is 31.6. The lowest BCUT2D eigenvalue weighted by Crippen LogP contribution is -2.57. The predicted octanol–water partition coefficient (Wildman–Crippen LogP) is 6.69. The number of ether oxygens (including phenoxy) is 2. The minimum absolute atomic E-state index is 0.0384. The number of methoxy groups -OCH3 is 1. The van der Waals surface area contributed by atoms with Gasteiger partial charge in [0.15, 0.2) is 0 Å². The topological polar surface area (TPSA) is 85.7 Å². The highest BCUT2D eigenvalue weighted by Crippen LogP contribution is 2.54. The normalized spacial score (nSPS) is 24.4. The predicted molar refractivity (Wildman–Crippen MR) is 166 cm³/mol. The second kappa shape index (κ2) is 11.3. The summed E-state index contributed by atoms with van der Waals surface area (Å²) in [5.41, 5.74) is -0.318. The number of amides is 1. The monoisotopic (exact) mass is 654 g/mol. The van der Waals surface area contributed by atoms with Crippen molar-refractivity contribution in [2.45, 2.75) is 43.8 Å². The van der Waals surface area contributed by atoms with Gasteiger partial charge in [-0.25, -0.2) is 18.3 Å². The molecule has 3 heterocycles. The minimum Gasteiger partial charge on any atom is -0.476 e. The van der Waals surface area contributed by atoms with Gasteiger partial charge in [0.25, 0.3) is 0 Å². The summed E-state index contributed by atoms with van der Waals surface area (Å²) in [6.07, 6.45) is 2.07. The van der Waals surface area contributed by atoms with Gasteiger partial charge in [-0.1, -0.05) is 41.4 Å². The number of hydrogen-bond donors (Lipinski definition) is 1. The van der Waals surface area contributed by atoms with Gasteiger partial charge < -0.3 is 14.8 Å². The molecule has 234 valence electrons. The standard InChI is InChI=1S/C33H30Cl2F2N4O4/c1-33(32(43)38-19-6-3-5-18(34)11-19)28(20-7-4-8-24(35)29(20)37)23-15-41-30(45-16-27(23)40(33)14-17-9-10-17)22-12-21(31(42)44-2)25(36)13-26(22)39-41/h3-8,11-13,17,23,27-28H,9-10,14-16H2,1-2H3,(H,38,43)/t23-,27+,28+,33-/m1/s1. The molecule has 0 radical (unpaired) electrons. The third-order valence-corrected chi connectivity index (χ3v) is 10.0. The van der Waals surface area contributed by atoms with E-state index < -0.39 is 29.1 Å². The number of rotatable bonds is 6. The summed E-state index contributed by atoms with van der Waals surface area (Å²) in [5.74, 6) is -2.76. The van der Waals surface area contributed by atoms with Gasteiger partial charge in [0.2, 0.25) is 11.8 Å².